The van der Waals surface area contributed by atoms with Crippen LogP contribution in [0.3, 0.4) is 0 Å². The summed E-state index contributed by atoms with van der Waals surface area (Å²) in [5.41, 5.74) is 5.40. The van der Waals surface area contributed by atoms with Gasteiger partial charge in [-0.1, -0.05) is 18.2 Å². The Labute approximate surface area is 109 Å². The summed E-state index contributed by atoms with van der Waals surface area (Å²) in [4.78, 5) is 11.5. The summed E-state index contributed by atoms with van der Waals surface area (Å²) in [6.45, 7) is 3.61. The number of hydrogen-bond donors (Lipinski definition) is 2. The van der Waals surface area contributed by atoms with E-state index in [0.717, 1.165) is 12.1 Å². The molecule has 3 nitrogen and oxygen atoms in total. The first-order valence-electron chi connectivity index (χ1n) is 5.65. The van der Waals surface area contributed by atoms with Crippen molar-refractivity contribution in [2.75, 3.05) is 0 Å². The van der Waals surface area contributed by atoms with Gasteiger partial charge in [-0.05, 0) is 24.1 Å². The Hall–Kier alpha value is -1.82. The molecular weight excluding hydrogens is 257 g/mol. The minimum absolute atomic E-state index is 0.141. The predicted octanol–water partition coefficient (Wildman–Crippen LogP) is 2.23. The molecule has 104 valence electrons. The van der Waals surface area contributed by atoms with Crippen LogP contribution in [0.5, 0.6) is 0 Å². The molecule has 3 N–H and O–H groups in total. The van der Waals surface area contributed by atoms with Gasteiger partial charge in [0.2, 0.25) is 5.91 Å². The number of rotatable bonds is 5. The fourth-order valence-electron chi connectivity index (χ4n) is 1.42. The van der Waals surface area contributed by atoms with Crippen LogP contribution >= 0.6 is 0 Å². The average molecular weight is 272 g/mol. The second-order valence-electron chi connectivity index (χ2n) is 4.04. The molecule has 0 spiro atoms. The van der Waals surface area contributed by atoms with Gasteiger partial charge in [0.05, 0.1) is 11.6 Å². The first kappa shape index (κ1) is 15.2. The number of halogens is 3. The molecule has 0 bridgehead atoms. The number of carbonyl (C=O) groups is 1. The maximum absolute atomic E-state index is 12.3. The van der Waals surface area contributed by atoms with Crippen molar-refractivity contribution in [2.24, 2.45) is 5.73 Å². The van der Waals surface area contributed by atoms with Crippen LogP contribution in [0.1, 0.15) is 17.5 Å². The maximum Gasteiger partial charge on any atom is 0.416 e. The number of alkyl halides is 3. The van der Waals surface area contributed by atoms with Gasteiger partial charge in [0, 0.05) is 6.54 Å². The summed E-state index contributed by atoms with van der Waals surface area (Å²) >= 11 is 0. The lowest BCUT2D eigenvalue weighted by atomic mass is 10.1. The van der Waals surface area contributed by atoms with E-state index < -0.39 is 17.8 Å². The standard InChI is InChI=1S/C13H15F3N2O/c1-2-3-11(17)12(19)18-8-9-4-6-10(7-5-9)13(14,15)16/h2,4-7,11H,1,3,8,17H2,(H,18,19). The van der Waals surface area contributed by atoms with Crippen LogP contribution in [0.4, 0.5) is 13.2 Å². The quantitative estimate of drug-likeness (QED) is 0.808. The van der Waals surface area contributed by atoms with Gasteiger partial charge in [0.25, 0.3) is 0 Å². The fraction of sp³-hybridized carbons (Fsp3) is 0.308. The lowest BCUT2D eigenvalue weighted by molar-refractivity contribution is -0.137. The fourth-order valence-corrected chi connectivity index (χ4v) is 1.42. The molecule has 0 heterocycles. The third-order valence-electron chi connectivity index (χ3n) is 2.51. The molecule has 0 radical (unpaired) electrons. The molecule has 6 heteroatoms. The monoisotopic (exact) mass is 272 g/mol. The maximum atomic E-state index is 12.3. The van der Waals surface area contributed by atoms with Gasteiger partial charge in [-0.2, -0.15) is 13.2 Å². The van der Waals surface area contributed by atoms with Gasteiger partial charge >= 0.3 is 6.18 Å². The zero-order valence-electron chi connectivity index (χ0n) is 10.2. The summed E-state index contributed by atoms with van der Waals surface area (Å²) in [5.74, 6) is -0.361. The van der Waals surface area contributed by atoms with E-state index in [1.165, 1.54) is 18.2 Å². The molecule has 1 rings (SSSR count). The second-order valence-corrected chi connectivity index (χ2v) is 4.04. The number of hydrogen-bond acceptors (Lipinski definition) is 2. The average Bonchev–Trinajstić information content (AvgIpc) is 2.35. The summed E-state index contributed by atoms with van der Waals surface area (Å²) < 4.78 is 37.0. The van der Waals surface area contributed by atoms with E-state index in [9.17, 15) is 18.0 Å². The molecule has 19 heavy (non-hydrogen) atoms. The van der Waals surface area contributed by atoms with Crippen LogP contribution in [-0.2, 0) is 17.5 Å². The Kier molecular flexibility index (Phi) is 5.11. The minimum Gasteiger partial charge on any atom is -0.351 e. The Morgan fingerprint density at radius 3 is 2.42 bits per heavy atom. The van der Waals surface area contributed by atoms with Gasteiger partial charge in [-0.15, -0.1) is 6.58 Å². The Morgan fingerprint density at radius 2 is 1.95 bits per heavy atom. The highest BCUT2D eigenvalue weighted by Gasteiger charge is 2.29. The molecule has 0 aromatic heterocycles. The number of nitrogens with two attached hydrogens (primary N) is 1. The highest BCUT2D eigenvalue weighted by molar-refractivity contribution is 5.81. The topological polar surface area (TPSA) is 55.1 Å². The number of amides is 1. The zero-order valence-corrected chi connectivity index (χ0v) is 10.2. The van der Waals surface area contributed by atoms with Crippen LogP contribution in [0.2, 0.25) is 0 Å². The number of benzene rings is 1. The second kappa shape index (κ2) is 6.38. The van der Waals surface area contributed by atoms with Gasteiger partial charge < -0.3 is 11.1 Å². The molecule has 0 fully saturated rings. The van der Waals surface area contributed by atoms with Crippen LogP contribution in [0.25, 0.3) is 0 Å². The van der Waals surface area contributed by atoms with Crippen molar-refractivity contribution in [3.8, 4) is 0 Å². The van der Waals surface area contributed by atoms with Crippen molar-refractivity contribution >= 4 is 5.91 Å². The van der Waals surface area contributed by atoms with Gasteiger partial charge in [0.1, 0.15) is 0 Å². The van der Waals surface area contributed by atoms with E-state index in [2.05, 4.69) is 11.9 Å². The van der Waals surface area contributed by atoms with E-state index in [-0.39, 0.29) is 12.5 Å². The van der Waals surface area contributed by atoms with Crippen LogP contribution in [0.15, 0.2) is 36.9 Å². The SMILES string of the molecule is C=CCC(N)C(=O)NCc1ccc(C(F)(F)F)cc1. The highest BCUT2D eigenvalue weighted by atomic mass is 19.4. The molecule has 0 saturated carbocycles. The van der Waals surface area contributed by atoms with Crippen molar-refractivity contribution in [3.05, 3.63) is 48.0 Å². The molecule has 1 aromatic carbocycles. The smallest absolute Gasteiger partial charge is 0.351 e. The Bertz CT molecular complexity index is 440. The van der Waals surface area contributed by atoms with Crippen LogP contribution < -0.4 is 11.1 Å². The molecular formula is C13H15F3N2O. The normalized spacial score (nSPS) is 12.8. The van der Waals surface area contributed by atoms with Crippen molar-refractivity contribution in [2.45, 2.75) is 25.2 Å². The van der Waals surface area contributed by atoms with E-state index in [0.29, 0.717) is 12.0 Å². The molecule has 0 saturated heterocycles. The van der Waals surface area contributed by atoms with E-state index in [4.69, 9.17) is 5.73 Å². The Balaban J connectivity index is 2.55. The van der Waals surface area contributed by atoms with E-state index >= 15 is 0 Å². The summed E-state index contributed by atoms with van der Waals surface area (Å²) in [6.07, 6.45) is -2.48. The Morgan fingerprint density at radius 1 is 1.37 bits per heavy atom. The van der Waals surface area contributed by atoms with Gasteiger partial charge in [0.15, 0.2) is 0 Å². The lowest BCUT2D eigenvalue weighted by Crippen LogP contribution is -2.39. The van der Waals surface area contributed by atoms with Gasteiger partial charge in [-0.3, -0.25) is 4.79 Å². The van der Waals surface area contributed by atoms with Crippen LogP contribution in [0, 0.1) is 0 Å². The van der Waals surface area contributed by atoms with Crippen molar-refractivity contribution in [3.63, 3.8) is 0 Å². The first-order valence-corrected chi connectivity index (χ1v) is 5.65. The summed E-state index contributed by atoms with van der Waals surface area (Å²) in [7, 11) is 0. The summed E-state index contributed by atoms with van der Waals surface area (Å²) in [6, 6.07) is 3.91. The molecule has 1 atom stereocenters. The number of nitrogens with one attached hydrogen (secondary N) is 1. The number of carbonyl (C=O) groups excluding carboxylic acids is 1. The lowest BCUT2D eigenvalue weighted by Gasteiger charge is -2.11. The molecule has 1 unspecified atom stereocenters. The molecule has 1 amide bonds. The van der Waals surface area contributed by atoms with Crippen molar-refractivity contribution < 1.29 is 18.0 Å². The molecule has 0 aliphatic rings. The van der Waals surface area contributed by atoms with Crippen molar-refractivity contribution in [1.82, 2.24) is 5.32 Å². The van der Waals surface area contributed by atoms with E-state index in [1.54, 1.807) is 0 Å². The third-order valence-corrected chi connectivity index (χ3v) is 2.51. The van der Waals surface area contributed by atoms with E-state index in [1.807, 2.05) is 0 Å². The zero-order chi connectivity index (χ0) is 14.5. The molecule has 0 aliphatic heterocycles. The predicted molar refractivity (Wildman–Crippen MR) is 66.1 cm³/mol. The third kappa shape index (κ3) is 4.75. The van der Waals surface area contributed by atoms with Crippen LogP contribution in [-0.4, -0.2) is 11.9 Å². The minimum atomic E-state index is -4.35. The van der Waals surface area contributed by atoms with Gasteiger partial charge in [-0.25, -0.2) is 0 Å². The van der Waals surface area contributed by atoms with Crippen molar-refractivity contribution in [1.29, 1.82) is 0 Å². The molecule has 1 aromatic rings. The largest absolute Gasteiger partial charge is 0.416 e. The highest BCUT2D eigenvalue weighted by Crippen LogP contribution is 2.28. The first-order chi connectivity index (χ1) is 8.84. The molecule has 0 aliphatic carbocycles. The summed E-state index contributed by atoms with van der Waals surface area (Å²) in [5, 5.41) is 2.55.